The van der Waals surface area contributed by atoms with Crippen LogP contribution in [-0.4, -0.2) is 38.8 Å². The van der Waals surface area contributed by atoms with Crippen molar-refractivity contribution in [1.29, 1.82) is 0 Å². The third-order valence-electron chi connectivity index (χ3n) is 4.66. The van der Waals surface area contributed by atoms with Crippen molar-refractivity contribution < 1.29 is 14.3 Å². The number of anilines is 1. The quantitative estimate of drug-likeness (QED) is 0.736. The standard InChI is InChI=1S/C22H28N2O3/c1-2-14-26-20-8-10-21(11-9-20)27-17-22(25)23-15-18-12-13-24(16-18)19-6-4-3-5-7-19/h3-11,18H,2,12-17H2,1H3,(H,23,25). The van der Waals surface area contributed by atoms with E-state index in [1.807, 2.05) is 30.3 Å². The number of rotatable bonds is 9. The van der Waals surface area contributed by atoms with Crippen LogP contribution in [0.5, 0.6) is 11.5 Å². The lowest BCUT2D eigenvalue weighted by Gasteiger charge is -2.18. The van der Waals surface area contributed by atoms with E-state index in [9.17, 15) is 4.79 Å². The molecule has 0 bridgehead atoms. The molecule has 0 saturated carbocycles. The fourth-order valence-corrected chi connectivity index (χ4v) is 3.18. The average molecular weight is 368 g/mol. The van der Waals surface area contributed by atoms with Gasteiger partial charge in [-0.25, -0.2) is 0 Å². The van der Waals surface area contributed by atoms with E-state index < -0.39 is 0 Å². The zero-order chi connectivity index (χ0) is 18.9. The largest absolute Gasteiger partial charge is 0.494 e. The van der Waals surface area contributed by atoms with Crippen molar-refractivity contribution >= 4 is 11.6 Å². The number of hydrogen-bond acceptors (Lipinski definition) is 4. The predicted molar refractivity (Wildman–Crippen MR) is 107 cm³/mol. The van der Waals surface area contributed by atoms with Crippen LogP contribution < -0.4 is 19.7 Å². The van der Waals surface area contributed by atoms with Gasteiger partial charge in [-0.1, -0.05) is 25.1 Å². The highest BCUT2D eigenvalue weighted by molar-refractivity contribution is 5.77. The first-order valence-electron chi connectivity index (χ1n) is 9.67. The molecule has 0 spiro atoms. The normalized spacial score (nSPS) is 16.2. The van der Waals surface area contributed by atoms with Crippen LogP contribution in [0.25, 0.3) is 0 Å². The van der Waals surface area contributed by atoms with Gasteiger partial charge in [-0.05, 0) is 55.2 Å². The number of para-hydroxylation sites is 1. The summed E-state index contributed by atoms with van der Waals surface area (Å²) in [6.45, 7) is 5.50. The summed E-state index contributed by atoms with van der Waals surface area (Å²) < 4.78 is 11.1. The van der Waals surface area contributed by atoms with Crippen LogP contribution in [0.3, 0.4) is 0 Å². The first-order chi connectivity index (χ1) is 13.2. The zero-order valence-electron chi connectivity index (χ0n) is 15.9. The van der Waals surface area contributed by atoms with E-state index in [0.717, 1.165) is 31.7 Å². The Kier molecular flexibility index (Phi) is 6.97. The minimum absolute atomic E-state index is 0.0320. The number of carbonyl (C=O) groups excluding carboxylic acids is 1. The Hall–Kier alpha value is -2.69. The van der Waals surface area contributed by atoms with Crippen molar-refractivity contribution in [3.8, 4) is 11.5 Å². The molecule has 0 aliphatic carbocycles. The van der Waals surface area contributed by atoms with E-state index in [0.29, 0.717) is 24.8 Å². The van der Waals surface area contributed by atoms with E-state index in [2.05, 4.69) is 41.4 Å². The molecule has 1 heterocycles. The molecule has 5 nitrogen and oxygen atoms in total. The molecule has 0 radical (unpaired) electrons. The second kappa shape index (κ2) is 9.86. The fraction of sp³-hybridized carbons (Fsp3) is 0.409. The molecule has 2 aromatic carbocycles. The minimum Gasteiger partial charge on any atom is -0.494 e. The second-order valence-electron chi connectivity index (χ2n) is 6.85. The zero-order valence-corrected chi connectivity index (χ0v) is 15.9. The number of hydrogen-bond donors (Lipinski definition) is 1. The molecule has 1 saturated heterocycles. The summed E-state index contributed by atoms with van der Waals surface area (Å²) in [7, 11) is 0. The van der Waals surface area contributed by atoms with E-state index in [4.69, 9.17) is 9.47 Å². The SMILES string of the molecule is CCCOc1ccc(OCC(=O)NCC2CCN(c3ccccc3)C2)cc1. The second-order valence-corrected chi connectivity index (χ2v) is 6.85. The Bertz CT molecular complexity index is 703. The van der Waals surface area contributed by atoms with Gasteiger partial charge in [0.1, 0.15) is 11.5 Å². The molecule has 1 aliphatic heterocycles. The maximum Gasteiger partial charge on any atom is 0.257 e. The first-order valence-corrected chi connectivity index (χ1v) is 9.67. The van der Waals surface area contributed by atoms with Crippen LogP contribution >= 0.6 is 0 Å². The highest BCUT2D eigenvalue weighted by Crippen LogP contribution is 2.23. The van der Waals surface area contributed by atoms with Crippen LogP contribution in [-0.2, 0) is 4.79 Å². The van der Waals surface area contributed by atoms with Crippen molar-refractivity contribution in [2.24, 2.45) is 5.92 Å². The van der Waals surface area contributed by atoms with Crippen molar-refractivity contribution in [3.63, 3.8) is 0 Å². The first kappa shape index (κ1) is 19.1. The lowest BCUT2D eigenvalue weighted by molar-refractivity contribution is -0.123. The summed E-state index contributed by atoms with van der Waals surface area (Å²) in [5.74, 6) is 1.88. The molecule has 1 fully saturated rings. The third-order valence-corrected chi connectivity index (χ3v) is 4.66. The van der Waals surface area contributed by atoms with Gasteiger partial charge in [0.05, 0.1) is 6.61 Å². The number of nitrogens with zero attached hydrogens (tertiary/aromatic N) is 1. The van der Waals surface area contributed by atoms with Gasteiger partial charge in [-0.3, -0.25) is 4.79 Å². The van der Waals surface area contributed by atoms with Gasteiger partial charge >= 0.3 is 0 Å². The molecule has 0 aromatic heterocycles. The van der Waals surface area contributed by atoms with E-state index in [-0.39, 0.29) is 12.5 Å². The highest BCUT2D eigenvalue weighted by atomic mass is 16.5. The Labute approximate surface area is 161 Å². The summed E-state index contributed by atoms with van der Waals surface area (Å²) in [6, 6.07) is 17.8. The summed E-state index contributed by atoms with van der Waals surface area (Å²) >= 11 is 0. The van der Waals surface area contributed by atoms with Crippen molar-refractivity contribution in [2.75, 3.05) is 37.7 Å². The van der Waals surface area contributed by atoms with Crippen LogP contribution in [0.4, 0.5) is 5.69 Å². The fourth-order valence-electron chi connectivity index (χ4n) is 3.18. The summed E-state index contributed by atoms with van der Waals surface area (Å²) in [4.78, 5) is 14.4. The number of amides is 1. The van der Waals surface area contributed by atoms with Gasteiger partial charge in [-0.2, -0.15) is 0 Å². The monoisotopic (exact) mass is 368 g/mol. The Morgan fingerprint density at radius 2 is 1.78 bits per heavy atom. The average Bonchev–Trinajstić information content (AvgIpc) is 3.20. The Morgan fingerprint density at radius 1 is 1.07 bits per heavy atom. The number of nitrogens with one attached hydrogen (secondary N) is 1. The smallest absolute Gasteiger partial charge is 0.257 e. The lowest BCUT2D eigenvalue weighted by atomic mass is 10.1. The van der Waals surface area contributed by atoms with E-state index >= 15 is 0 Å². The molecule has 1 aliphatic rings. The molecule has 5 heteroatoms. The van der Waals surface area contributed by atoms with Gasteiger partial charge in [0.2, 0.25) is 0 Å². The molecule has 3 rings (SSSR count). The molecule has 144 valence electrons. The van der Waals surface area contributed by atoms with Crippen LogP contribution in [0, 0.1) is 5.92 Å². The molecule has 27 heavy (non-hydrogen) atoms. The molecule has 1 amide bonds. The molecular weight excluding hydrogens is 340 g/mol. The van der Waals surface area contributed by atoms with E-state index in [1.54, 1.807) is 0 Å². The molecule has 1 unspecified atom stereocenters. The predicted octanol–water partition coefficient (Wildman–Crippen LogP) is 3.50. The van der Waals surface area contributed by atoms with Gasteiger partial charge in [0, 0.05) is 25.3 Å². The highest BCUT2D eigenvalue weighted by Gasteiger charge is 2.22. The number of benzene rings is 2. The van der Waals surface area contributed by atoms with Crippen LogP contribution in [0.2, 0.25) is 0 Å². The summed E-state index contributed by atoms with van der Waals surface area (Å²) in [5, 5.41) is 2.99. The summed E-state index contributed by atoms with van der Waals surface area (Å²) in [6.07, 6.45) is 2.07. The minimum atomic E-state index is -0.0838. The maximum absolute atomic E-state index is 12.1. The van der Waals surface area contributed by atoms with Crippen molar-refractivity contribution in [3.05, 3.63) is 54.6 Å². The van der Waals surface area contributed by atoms with Gasteiger partial charge in [0.15, 0.2) is 6.61 Å². The molecular formula is C22H28N2O3. The van der Waals surface area contributed by atoms with Crippen molar-refractivity contribution in [1.82, 2.24) is 5.32 Å². The van der Waals surface area contributed by atoms with Gasteiger partial charge in [0.25, 0.3) is 5.91 Å². The number of ether oxygens (including phenoxy) is 2. The third kappa shape index (κ3) is 5.91. The molecule has 2 aromatic rings. The summed E-state index contributed by atoms with van der Waals surface area (Å²) in [5.41, 5.74) is 1.25. The Balaban J connectivity index is 1.35. The van der Waals surface area contributed by atoms with Crippen molar-refractivity contribution in [2.45, 2.75) is 19.8 Å². The molecule has 1 atom stereocenters. The van der Waals surface area contributed by atoms with Crippen LogP contribution in [0.15, 0.2) is 54.6 Å². The van der Waals surface area contributed by atoms with Gasteiger partial charge in [-0.15, -0.1) is 0 Å². The molecule has 1 N–H and O–H groups in total. The van der Waals surface area contributed by atoms with Gasteiger partial charge < -0.3 is 19.7 Å². The maximum atomic E-state index is 12.1. The van der Waals surface area contributed by atoms with Crippen LogP contribution in [0.1, 0.15) is 19.8 Å². The van der Waals surface area contributed by atoms with E-state index in [1.165, 1.54) is 5.69 Å². The Morgan fingerprint density at radius 3 is 2.48 bits per heavy atom. The topological polar surface area (TPSA) is 50.8 Å². The number of carbonyl (C=O) groups is 1. The lowest BCUT2D eigenvalue weighted by Crippen LogP contribution is -2.34.